The zero-order valence-corrected chi connectivity index (χ0v) is 7.14. The van der Waals surface area contributed by atoms with Crippen LogP contribution in [0.2, 0.25) is 0 Å². The number of carbonyl (C=O) groups excluding carboxylic acids is 1. The molecule has 4 nitrogen and oxygen atoms in total. The highest BCUT2D eigenvalue weighted by Gasteiger charge is 2.38. The van der Waals surface area contributed by atoms with E-state index < -0.39 is 24.3 Å². The van der Waals surface area contributed by atoms with Crippen molar-refractivity contribution in [1.82, 2.24) is 0 Å². The molecule has 0 bridgehead atoms. The third-order valence-electron chi connectivity index (χ3n) is 2.25. The number of aliphatic hydroxyl groups excluding tert-OH is 1. The average Bonchev–Trinajstić information content (AvgIpc) is 2.47. The molecule has 1 aliphatic heterocycles. The number of esters is 1. The van der Waals surface area contributed by atoms with Crippen molar-refractivity contribution in [3.05, 3.63) is 23.8 Å². The van der Waals surface area contributed by atoms with Gasteiger partial charge in [0.25, 0.3) is 0 Å². The Morgan fingerprint density at radius 2 is 2.38 bits per heavy atom. The Kier molecular flexibility index (Phi) is 1.94. The summed E-state index contributed by atoms with van der Waals surface area (Å²) in [5.41, 5.74) is 0.714. The van der Waals surface area contributed by atoms with Gasteiger partial charge >= 0.3 is 5.97 Å². The fraction of sp³-hybridized carbons (Fsp3) is 0.444. The third kappa shape index (κ3) is 1.28. The molecule has 0 spiro atoms. The summed E-state index contributed by atoms with van der Waals surface area (Å²) in [4.78, 5) is 10.9. The lowest BCUT2D eigenvalue weighted by Gasteiger charge is -2.27. The summed E-state index contributed by atoms with van der Waals surface area (Å²) in [5.74, 6) is -0.402. The predicted octanol–water partition coefficient (Wildman–Crippen LogP) is -0.216. The minimum absolute atomic E-state index is 0.395. The molecule has 2 aliphatic rings. The number of ether oxygens (including phenoxy) is 2. The lowest BCUT2D eigenvalue weighted by Crippen LogP contribution is -2.41. The van der Waals surface area contributed by atoms with Crippen LogP contribution in [0.5, 0.6) is 0 Å². The monoisotopic (exact) mass is 182 g/mol. The molecule has 0 unspecified atom stereocenters. The van der Waals surface area contributed by atoms with Crippen LogP contribution >= 0.6 is 0 Å². The standard InChI is InChI=1S/C9H10O4/c1-12-6-3-2-5-4-7(10)13-9(5)8(6)11/h2-4,6,8-9,11H,1H3/t6-,8+,9+/m1/s1. The van der Waals surface area contributed by atoms with Gasteiger partial charge < -0.3 is 14.6 Å². The molecular weight excluding hydrogens is 172 g/mol. The smallest absolute Gasteiger partial charge is 0.331 e. The SMILES string of the molecule is CO[C@@H]1C=CC2=CC(=O)O[C@@H]2[C@H]1O. The molecule has 0 aromatic rings. The first-order valence-corrected chi connectivity index (χ1v) is 4.03. The maximum Gasteiger partial charge on any atom is 0.331 e. The predicted molar refractivity (Wildman–Crippen MR) is 43.9 cm³/mol. The van der Waals surface area contributed by atoms with Gasteiger partial charge in [-0.1, -0.05) is 12.2 Å². The largest absolute Gasteiger partial charge is 0.451 e. The molecule has 0 radical (unpaired) electrons. The number of aliphatic hydroxyl groups is 1. The van der Waals surface area contributed by atoms with Crippen molar-refractivity contribution in [1.29, 1.82) is 0 Å². The number of fused-ring (bicyclic) bond motifs is 1. The van der Waals surface area contributed by atoms with E-state index in [1.165, 1.54) is 13.2 Å². The first-order chi connectivity index (χ1) is 6.22. The van der Waals surface area contributed by atoms with Crippen LogP contribution in [0.3, 0.4) is 0 Å². The normalized spacial score (nSPS) is 36.9. The van der Waals surface area contributed by atoms with Crippen LogP contribution in [-0.2, 0) is 14.3 Å². The highest BCUT2D eigenvalue weighted by molar-refractivity contribution is 5.87. The topological polar surface area (TPSA) is 55.8 Å². The van der Waals surface area contributed by atoms with Gasteiger partial charge in [-0.3, -0.25) is 0 Å². The number of methoxy groups -OCH3 is 1. The number of hydrogen-bond donors (Lipinski definition) is 1. The lowest BCUT2D eigenvalue weighted by molar-refractivity contribution is -0.146. The van der Waals surface area contributed by atoms with E-state index in [1.807, 2.05) is 0 Å². The van der Waals surface area contributed by atoms with Crippen LogP contribution in [0.25, 0.3) is 0 Å². The first-order valence-electron chi connectivity index (χ1n) is 4.03. The molecule has 1 aliphatic carbocycles. The fourth-order valence-electron chi connectivity index (χ4n) is 1.57. The Morgan fingerprint density at radius 3 is 3.08 bits per heavy atom. The van der Waals surface area contributed by atoms with Crippen molar-refractivity contribution in [2.75, 3.05) is 7.11 Å². The van der Waals surface area contributed by atoms with Gasteiger partial charge in [0.2, 0.25) is 0 Å². The summed E-state index contributed by atoms with van der Waals surface area (Å²) in [6.07, 6.45) is 3.10. The quantitative estimate of drug-likeness (QED) is 0.570. The van der Waals surface area contributed by atoms with E-state index in [0.717, 1.165) is 0 Å². The zero-order chi connectivity index (χ0) is 9.42. The number of carbonyl (C=O) groups is 1. The molecule has 2 rings (SSSR count). The summed E-state index contributed by atoms with van der Waals surface area (Å²) >= 11 is 0. The molecule has 13 heavy (non-hydrogen) atoms. The van der Waals surface area contributed by atoms with E-state index in [2.05, 4.69) is 0 Å². The number of hydrogen-bond acceptors (Lipinski definition) is 4. The van der Waals surface area contributed by atoms with E-state index in [0.29, 0.717) is 5.57 Å². The Balaban J connectivity index is 2.26. The van der Waals surface area contributed by atoms with Gasteiger partial charge in [-0.2, -0.15) is 0 Å². The van der Waals surface area contributed by atoms with Crippen LogP contribution in [0.1, 0.15) is 0 Å². The van der Waals surface area contributed by atoms with Crippen molar-refractivity contribution >= 4 is 5.97 Å². The molecule has 0 saturated heterocycles. The van der Waals surface area contributed by atoms with Crippen LogP contribution < -0.4 is 0 Å². The van der Waals surface area contributed by atoms with Gasteiger partial charge in [-0.05, 0) is 0 Å². The summed E-state index contributed by atoms with van der Waals surface area (Å²) < 4.78 is 9.89. The van der Waals surface area contributed by atoms with E-state index in [-0.39, 0.29) is 0 Å². The molecule has 3 atom stereocenters. The summed E-state index contributed by atoms with van der Waals surface area (Å²) in [6.45, 7) is 0. The van der Waals surface area contributed by atoms with Crippen LogP contribution in [0.4, 0.5) is 0 Å². The van der Waals surface area contributed by atoms with Crippen LogP contribution in [0, 0.1) is 0 Å². The zero-order valence-electron chi connectivity index (χ0n) is 7.14. The Hall–Kier alpha value is -1.13. The minimum atomic E-state index is -0.798. The second-order valence-electron chi connectivity index (χ2n) is 3.05. The summed E-state index contributed by atoms with van der Waals surface area (Å²) in [7, 11) is 1.50. The molecule has 0 amide bonds. The molecule has 0 aromatic heterocycles. The second kappa shape index (κ2) is 2.97. The lowest BCUT2D eigenvalue weighted by atomic mass is 9.95. The second-order valence-corrected chi connectivity index (χ2v) is 3.05. The van der Waals surface area contributed by atoms with Gasteiger partial charge in [0, 0.05) is 18.8 Å². The van der Waals surface area contributed by atoms with Gasteiger partial charge in [0.15, 0.2) is 6.10 Å². The van der Waals surface area contributed by atoms with Gasteiger partial charge in [-0.25, -0.2) is 4.79 Å². The molecule has 0 saturated carbocycles. The minimum Gasteiger partial charge on any atom is -0.451 e. The van der Waals surface area contributed by atoms with Gasteiger partial charge in [-0.15, -0.1) is 0 Å². The molecule has 0 aromatic carbocycles. The first kappa shape index (κ1) is 8.47. The van der Waals surface area contributed by atoms with Crippen molar-refractivity contribution < 1.29 is 19.4 Å². The number of rotatable bonds is 1. The van der Waals surface area contributed by atoms with E-state index in [1.54, 1.807) is 12.2 Å². The molecule has 4 heteroatoms. The third-order valence-corrected chi connectivity index (χ3v) is 2.25. The van der Waals surface area contributed by atoms with Gasteiger partial charge in [0.05, 0.1) is 0 Å². The van der Waals surface area contributed by atoms with Crippen LogP contribution in [-0.4, -0.2) is 36.5 Å². The van der Waals surface area contributed by atoms with Crippen LogP contribution in [0.15, 0.2) is 23.8 Å². The molecule has 1 N–H and O–H groups in total. The van der Waals surface area contributed by atoms with Crippen molar-refractivity contribution in [2.45, 2.75) is 18.3 Å². The fourth-order valence-corrected chi connectivity index (χ4v) is 1.57. The van der Waals surface area contributed by atoms with Crippen molar-refractivity contribution in [3.63, 3.8) is 0 Å². The Labute approximate surface area is 75.5 Å². The summed E-state index contributed by atoms with van der Waals surface area (Å²) in [5, 5.41) is 9.66. The van der Waals surface area contributed by atoms with E-state index >= 15 is 0 Å². The molecule has 0 fully saturated rings. The van der Waals surface area contributed by atoms with Crippen molar-refractivity contribution in [3.8, 4) is 0 Å². The maximum atomic E-state index is 10.9. The molecule has 1 heterocycles. The highest BCUT2D eigenvalue weighted by Crippen LogP contribution is 2.27. The van der Waals surface area contributed by atoms with Gasteiger partial charge in [0.1, 0.15) is 12.2 Å². The maximum absolute atomic E-state index is 10.9. The highest BCUT2D eigenvalue weighted by atomic mass is 16.6. The Morgan fingerprint density at radius 1 is 1.62 bits per heavy atom. The van der Waals surface area contributed by atoms with E-state index in [9.17, 15) is 9.90 Å². The Bertz CT molecular complexity index is 292. The molecular formula is C9H10O4. The van der Waals surface area contributed by atoms with Crippen molar-refractivity contribution in [2.24, 2.45) is 0 Å². The van der Waals surface area contributed by atoms with E-state index in [4.69, 9.17) is 9.47 Å². The molecule has 70 valence electrons. The summed E-state index contributed by atoms with van der Waals surface area (Å²) in [6, 6.07) is 0. The average molecular weight is 182 g/mol.